The summed E-state index contributed by atoms with van der Waals surface area (Å²) in [4.78, 5) is 19.6. The molecule has 1 aliphatic rings. The number of aliphatic hydroxyl groups is 1. The Bertz CT molecular complexity index is 1160. The number of nitrogens with zero attached hydrogens (tertiary/aromatic N) is 2. The lowest BCUT2D eigenvalue weighted by Gasteiger charge is -2.41. The van der Waals surface area contributed by atoms with E-state index < -0.39 is 47.8 Å². The highest BCUT2D eigenvalue weighted by Gasteiger charge is 2.40. The predicted molar refractivity (Wildman–Crippen MR) is 140 cm³/mol. The lowest BCUT2D eigenvalue weighted by atomic mass is 9.81. The number of benzene rings is 2. The fourth-order valence-corrected chi connectivity index (χ4v) is 4.69. The van der Waals surface area contributed by atoms with Crippen LogP contribution in [-0.4, -0.2) is 53.0 Å². The molecule has 3 N–H and O–H groups in total. The zero-order chi connectivity index (χ0) is 27.3. The molecule has 0 unspecified atom stereocenters. The summed E-state index contributed by atoms with van der Waals surface area (Å²) in [5, 5.41) is 10.2. The van der Waals surface area contributed by atoms with Crippen molar-refractivity contribution in [1.82, 2.24) is 4.90 Å². The molecule has 0 spiro atoms. The Labute approximate surface area is 216 Å². The molecule has 3 rings (SSSR count). The van der Waals surface area contributed by atoms with Gasteiger partial charge in [-0.25, -0.2) is 13.2 Å². The number of alkyl halides is 1. The second-order valence-corrected chi connectivity index (χ2v) is 10.7. The number of carbonyl (C=O) groups is 1. The van der Waals surface area contributed by atoms with Gasteiger partial charge in [0.15, 0.2) is 0 Å². The number of rotatable bonds is 10. The van der Waals surface area contributed by atoms with Gasteiger partial charge < -0.3 is 15.7 Å². The third-order valence-corrected chi connectivity index (χ3v) is 6.47. The van der Waals surface area contributed by atoms with Crippen molar-refractivity contribution in [1.29, 1.82) is 0 Å². The maximum absolute atomic E-state index is 14.8. The van der Waals surface area contributed by atoms with Gasteiger partial charge in [0.25, 0.3) is 5.91 Å². The van der Waals surface area contributed by atoms with Crippen molar-refractivity contribution < 1.29 is 23.1 Å². The van der Waals surface area contributed by atoms with Crippen LogP contribution >= 0.6 is 0 Å². The fourth-order valence-electron chi connectivity index (χ4n) is 4.69. The van der Waals surface area contributed by atoms with E-state index in [4.69, 9.17) is 10.7 Å². The summed E-state index contributed by atoms with van der Waals surface area (Å²) in [7, 11) is 0. The zero-order valence-electron chi connectivity index (χ0n) is 21.8. The average molecular weight is 516 g/mol. The molecule has 0 aliphatic carbocycles. The van der Waals surface area contributed by atoms with Crippen LogP contribution in [0.1, 0.15) is 51.7 Å². The number of carbonyl (C=O) groups excluding carboxylic acids is 1. The van der Waals surface area contributed by atoms with Crippen LogP contribution in [0.15, 0.2) is 64.8 Å². The maximum atomic E-state index is 14.8. The average Bonchev–Trinajstić information content (AvgIpc) is 3.24. The molecule has 0 fully saturated rings. The Morgan fingerprint density at radius 2 is 1.84 bits per heavy atom. The molecule has 200 valence electrons. The van der Waals surface area contributed by atoms with Gasteiger partial charge in [0, 0.05) is 24.6 Å². The van der Waals surface area contributed by atoms with E-state index in [1.807, 2.05) is 51.1 Å². The Hall–Kier alpha value is -2.97. The summed E-state index contributed by atoms with van der Waals surface area (Å²) < 4.78 is 42.0. The Balaban J connectivity index is 2.16. The van der Waals surface area contributed by atoms with Gasteiger partial charge in [-0.2, -0.15) is 0 Å². The molecule has 0 radical (unpaired) electrons. The third kappa shape index (κ3) is 7.08. The predicted octanol–water partition coefficient (Wildman–Crippen LogP) is 4.97. The van der Waals surface area contributed by atoms with Crippen LogP contribution < -0.4 is 5.73 Å². The summed E-state index contributed by atoms with van der Waals surface area (Å²) in [6, 6.07) is 11.6. The van der Waals surface area contributed by atoms with E-state index in [1.165, 1.54) is 11.8 Å². The van der Waals surface area contributed by atoms with Crippen molar-refractivity contribution in [2.24, 2.45) is 16.1 Å². The van der Waals surface area contributed by atoms with Crippen molar-refractivity contribution in [3.05, 3.63) is 82.6 Å². The molecule has 0 aromatic heterocycles. The van der Waals surface area contributed by atoms with Gasteiger partial charge >= 0.3 is 0 Å². The first-order chi connectivity index (χ1) is 17.4. The minimum atomic E-state index is -1.30. The summed E-state index contributed by atoms with van der Waals surface area (Å²) in [6.07, 6.45) is -0.335. The van der Waals surface area contributed by atoms with E-state index in [2.05, 4.69) is 0 Å². The molecular formula is C29H36F3N3O2. The van der Waals surface area contributed by atoms with Gasteiger partial charge in [-0.15, -0.1) is 0 Å². The smallest absolute Gasteiger partial charge is 0.251 e. The van der Waals surface area contributed by atoms with Crippen LogP contribution in [-0.2, 0) is 11.2 Å². The van der Waals surface area contributed by atoms with Crippen molar-refractivity contribution in [3.8, 4) is 0 Å². The number of halogens is 3. The zero-order valence-corrected chi connectivity index (χ0v) is 21.8. The van der Waals surface area contributed by atoms with E-state index >= 15 is 0 Å². The molecule has 1 amide bonds. The highest BCUT2D eigenvalue weighted by molar-refractivity contribution is 6.04. The van der Waals surface area contributed by atoms with E-state index in [0.717, 1.165) is 29.3 Å². The molecule has 3 atom stereocenters. The first-order valence-corrected chi connectivity index (χ1v) is 12.5. The van der Waals surface area contributed by atoms with Crippen LogP contribution in [0.3, 0.4) is 0 Å². The van der Waals surface area contributed by atoms with Gasteiger partial charge in [0.05, 0.1) is 17.5 Å². The van der Waals surface area contributed by atoms with Crippen LogP contribution in [0, 0.1) is 17.0 Å². The quantitative estimate of drug-likeness (QED) is 0.469. The molecule has 1 aliphatic heterocycles. The van der Waals surface area contributed by atoms with Crippen LogP contribution in [0.4, 0.5) is 13.2 Å². The first kappa shape index (κ1) is 28.6. The van der Waals surface area contributed by atoms with Gasteiger partial charge in [0.1, 0.15) is 24.4 Å². The highest BCUT2D eigenvalue weighted by Crippen LogP contribution is 2.39. The number of aliphatic hydroxyl groups excluding tert-OH is 1. The number of hydrogen-bond donors (Lipinski definition) is 2. The van der Waals surface area contributed by atoms with Gasteiger partial charge in [-0.3, -0.25) is 9.79 Å². The lowest BCUT2D eigenvalue weighted by Crippen LogP contribution is -2.52. The Morgan fingerprint density at radius 1 is 1.16 bits per heavy atom. The largest absolute Gasteiger partial charge is 0.384 e. The third-order valence-electron chi connectivity index (χ3n) is 6.47. The summed E-state index contributed by atoms with van der Waals surface area (Å²) in [6.45, 7) is 6.59. The van der Waals surface area contributed by atoms with E-state index in [1.54, 1.807) is 0 Å². The van der Waals surface area contributed by atoms with E-state index in [-0.39, 0.29) is 24.9 Å². The number of aliphatic imine (C=N–C) groups is 1. The van der Waals surface area contributed by atoms with Crippen LogP contribution in [0.2, 0.25) is 0 Å². The summed E-state index contributed by atoms with van der Waals surface area (Å²) in [5.41, 5.74) is 8.14. The van der Waals surface area contributed by atoms with E-state index in [9.17, 15) is 23.1 Å². The maximum Gasteiger partial charge on any atom is 0.251 e. The summed E-state index contributed by atoms with van der Waals surface area (Å²) >= 11 is 0. The monoisotopic (exact) mass is 515 g/mol. The van der Waals surface area contributed by atoms with Crippen molar-refractivity contribution in [2.75, 3.05) is 13.2 Å². The normalized spacial score (nSPS) is 16.4. The van der Waals surface area contributed by atoms with Gasteiger partial charge in [-0.05, 0) is 54.5 Å². The number of nitrogens with two attached hydrogens (primary N) is 1. The molecule has 1 heterocycles. The van der Waals surface area contributed by atoms with Crippen molar-refractivity contribution in [2.45, 2.75) is 65.1 Å². The second-order valence-electron chi connectivity index (χ2n) is 10.7. The van der Waals surface area contributed by atoms with Crippen LogP contribution in [0.5, 0.6) is 0 Å². The standard InChI is InChI=1S/C29H36F3N3O2/c1-18(36)28(37)35(13-12-22(33)17-30)27(29(2,3)4)26-20(14-19-8-6-5-7-9-19)15-25(34-26)23-16-21(31)10-11-24(23)32/h5-11,16,18,22,27,36H,12-15,17,33H2,1-4H3/t18-,22-,27-/m0/s1. The van der Waals surface area contributed by atoms with Crippen molar-refractivity contribution >= 4 is 11.6 Å². The molecule has 2 aromatic rings. The molecular weight excluding hydrogens is 479 g/mol. The number of hydrogen-bond acceptors (Lipinski definition) is 4. The summed E-state index contributed by atoms with van der Waals surface area (Å²) in [5.74, 6) is -1.69. The van der Waals surface area contributed by atoms with Crippen molar-refractivity contribution in [3.63, 3.8) is 0 Å². The SMILES string of the molecule is C[C@H](O)C(=O)N(CC[C@H](N)CF)[C@@H](C1=C(Cc2ccccc2)CC(c2cc(F)ccc2F)=N1)C(C)(C)C. The molecule has 5 nitrogen and oxygen atoms in total. The fraction of sp³-hybridized carbons (Fsp3) is 0.448. The molecule has 0 saturated heterocycles. The van der Waals surface area contributed by atoms with Crippen LogP contribution in [0.25, 0.3) is 0 Å². The minimum absolute atomic E-state index is 0.0704. The molecule has 0 bridgehead atoms. The van der Waals surface area contributed by atoms with E-state index in [0.29, 0.717) is 17.8 Å². The number of amides is 1. The number of allylic oxidation sites excluding steroid dienone is 1. The minimum Gasteiger partial charge on any atom is -0.384 e. The second kappa shape index (κ2) is 12.0. The Kier molecular flexibility index (Phi) is 9.31. The topological polar surface area (TPSA) is 78.9 Å². The first-order valence-electron chi connectivity index (χ1n) is 12.5. The lowest BCUT2D eigenvalue weighted by molar-refractivity contribution is -0.143. The molecule has 8 heteroatoms. The Morgan fingerprint density at radius 3 is 2.43 bits per heavy atom. The highest BCUT2D eigenvalue weighted by atomic mass is 19.1. The van der Waals surface area contributed by atoms with Gasteiger partial charge in [-0.1, -0.05) is 51.1 Å². The molecule has 0 saturated carbocycles. The van der Waals surface area contributed by atoms with Gasteiger partial charge in [0.2, 0.25) is 0 Å². The molecule has 37 heavy (non-hydrogen) atoms. The molecule has 2 aromatic carbocycles.